The lowest BCUT2D eigenvalue weighted by molar-refractivity contribution is -0.141. The highest BCUT2D eigenvalue weighted by Crippen LogP contribution is 2.23. The van der Waals surface area contributed by atoms with Gasteiger partial charge in [0.25, 0.3) is 0 Å². The van der Waals surface area contributed by atoms with Crippen LogP contribution in [0, 0.1) is 0 Å². The zero-order valence-corrected chi connectivity index (χ0v) is 14.8. The number of hydrogen-bond donors (Lipinski definition) is 1. The molecule has 3 aromatic rings. The summed E-state index contributed by atoms with van der Waals surface area (Å²) in [5.74, 6) is 0.578. The van der Waals surface area contributed by atoms with Gasteiger partial charge >= 0.3 is 5.97 Å². The normalized spacial score (nSPS) is 11.9. The van der Waals surface area contributed by atoms with Gasteiger partial charge in [-0.3, -0.25) is 9.59 Å². The molecule has 1 atom stereocenters. The molecule has 1 amide bonds. The minimum absolute atomic E-state index is 0.0753. The lowest BCUT2D eigenvalue weighted by Crippen LogP contribution is -2.30. The zero-order chi connectivity index (χ0) is 18.4. The fourth-order valence-electron chi connectivity index (χ4n) is 2.31. The van der Waals surface area contributed by atoms with Crippen molar-refractivity contribution in [2.24, 2.45) is 0 Å². The topological polar surface area (TPSA) is 107 Å². The summed E-state index contributed by atoms with van der Waals surface area (Å²) < 4.78 is 15.0. The van der Waals surface area contributed by atoms with E-state index in [1.165, 1.54) is 24.7 Å². The average Bonchev–Trinajstić information content (AvgIpc) is 3.41. The molecule has 0 saturated heterocycles. The van der Waals surface area contributed by atoms with Crippen molar-refractivity contribution in [2.45, 2.75) is 25.3 Å². The van der Waals surface area contributed by atoms with Crippen molar-refractivity contribution in [3.8, 4) is 11.6 Å². The van der Waals surface area contributed by atoms with Gasteiger partial charge in [0.05, 0.1) is 25.8 Å². The third-order valence-corrected chi connectivity index (χ3v) is 4.58. The van der Waals surface area contributed by atoms with Gasteiger partial charge in [0.2, 0.25) is 17.6 Å². The Bertz CT molecular complexity index is 842. The maximum atomic E-state index is 12.3. The third-order valence-electron chi connectivity index (χ3n) is 3.60. The SMILES string of the molecule is COC(=O)C[C@@H](NC(=O)CCc1nc(-c2ccco2)no1)c1cccs1. The van der Waals surface area contributed by atoms with E-state index >= 15 is 0 Å². The number of hydrogen-bond acceptors (Lipinski definition) is 8. The van der Waals surface area contributed by atoms with E-state index < -0.39 is 6.04 Å². The first-order valence-electron chi connectivity index (χ1n) is 7.91. The lowest BCUT2D eigenvalue weighted by atomic mass is 10.1. The molecule has 0 radical (unpaired) electrons. The smallest absolute Gasteiger partial charge is 0.307 e. The van der Waals surface area contributed by atoms with Crippen molar-refractivity contribution in [1.29, 1.82) is 0 Å². The highest BCUT2D eigenvalue weighted by Gasteiger charge is 2.20. The number of nitrogens with zero attached hydrogens (tertiary/aromatic N) is 2. The standard InChI is InChI=1S/C17H17N3O5S/c1-23-16(22)10-11(13-5-3-9-26-13)18-14(21)6-7-15-19-17(20-25-15)12-4-2-8-24-12/h2-5,8-9,11H,6-7,10H2,1H3,(H,18,21)/t11-/m1/s1. The summed E-state index contributed by atoms with van der Waals surface area (Å²) in [6.07, 6.45) is 2.04. The molecule has 1 N–H and O–H groups in total. The maximum Gasteiger partial charge on any atom is 0.307 e. The molecule has 8 nitrogen and oxygen atoms in total. The van der Waals surface area contributed by atoms with Gasteiger partial charge in [0, 0.05) is 17.7 Å². The molecule has 136 valence electrons. The van der Waals surface area contributed by atoms with Crippen molar-refractivity contribution in [3.05, 3.63) is 46.7 Å². The number of methoxy groups -OCH3 is 1. The molecule has 3 rings (SSSR count). The largest absolute Gasteiger partial charge is 0.469 e. The van der Waals surface area contributed by atoms with Crippen LogP contribution in [0.5, 0.6) is 0 Å². The first kappa shape index (κ1) is 17.9. The molecule has 9 heteroatoms. The van der Waals surface area contributed by atoms with E-state index in [0.29, 0.717) is 17.5 Å². The van der Waals surface area contributed by atoms with E-state index in [1.807, 2.05) is 17.5 Å². The van der Waals surface area contributed by atoms with Gasteiger partial charge in [0.15, 0.2) is 5.76 Å². The van der Waals surface area contributed by atoms with Gasteiger partial charge in [-0.15, -0.1) is 11.3 Å². The minimum Gasteiger partial charge on any atom is -0.469 e. The number of carbonyl (C=O) groups is 2. The van der Waals surface area contributed by atoms with Gasteiger partial charge in [-0.05, 0) is 23.6 Å². The summed E-state index contributed by atoms with van der Waals surface area (Å²) in [4.78, 5) is 28.9. The lowest BCUT2D eigenvalue weighted by Gasteiger charge is -2.16. The number of nitrogens with one attached hydrogen (secondary N) is 1. The van der Waals surface area contributed by atoms with Crippen LogP contribution in [0.1, 0.15) is 29.7 Å². The summed E-state index contributed by atoms with van der Waals surface area (Å²) in [7, 11) is 1.32. The van der Waals surface area contributed by atoms with Gasteiger partial charge in [-0.25, -0.2) is 0 Å². The summed E-state index contributed by atoms with van der Waals surface area (Å²) in [5, 5.41) is 8.56. The Morgan fingerprint density at radius 2 is 2.23 bits per heavy atom. The van der Waals surface area contributed by atoms with E-state index in [1.54, 1.807) is 12.1 Å². The first-order valence-corrected chi connectivity index (χ1v) is 8.79. The van der Waals surface area contributed by atoms with Crippen molar-refractivity contribution < 1.29 is 23.3 Å². The number of furan rings is 1. The second-order valence-electron chi connectivity index (χ2n) is 5.40. The summed E-state index contributed by atoms with van der Waals surface area (Å²) in [6, 6.07) is 6.76. The monoisotopic (exact) mass is 375 g/mol. The molecular formula is C17H17N3O5S. The number of aryl methyl sites for hydroxylation is 1. The van der Waals surface area contributed by atoms with Gasteiger partial charge in [-0.1, -0.05) is 11.2 Å². The number of ether oxygens (including phenoxy) is 1. The molecular weight excluding hydrogens is 358 g/mol. The van der Waals surface area contributed by atoms with Crippen LogP contribution in [-0.2, 0) is 20.7 Å². The Hall–Kier alpha value is -2.94. The summed E-state index contributed by atoms with van der Waals surface area (Å²) in [5.41, 5.74) is 0. The molecule has 0 fully saturated rings. The zero-order valence-electron chi connectivity index (χ0n) is 14.0. The number of amides is 1. The number of rotatable bonds is 8. The molecule has 26 heavy (non-hydrogen) atoms. The predicted octanol–water partition coefficient (Wildman–Crippen LogP) is 2.74. The van der Waals surface area contributed by atoms with E-state index in [9.17, 15) is 9.59 Å². The summed E-state index contributed by atoms with van der Waals surface area (Å²) in [6.45, 7) is 0. The number of esters is 1. The van der Waals surface area contributed by atoms with Crippen LogP contribution in [0.25, 0.3) is 11.6 Å². The van der Waals surface area contributed by atoms with Crippen molar-refractivity contribution in [3.63, 3.8) is 0 Å². The van der Waals surface area contributed by atoms with Crippen LogP contribution < -0.4 is 5.32 Å². The van der Waals surface area contributed by atoms with Crippen LogP contribution in [0.15, 0.2) is 44.8 Å². The molecule has 0 aliphatic carbocycles. The highest BCUT2D eigenvalue weighted by molar-refractivity contribution is 7.10. The predicted molar refractivity (Wildman–Crippen MR) is 92.2 cm³/mol. The molecule has 0 spiro atoms. The molecule has 3 heterocycles. The second kappa shape index (κ2) is 8.43. The fraction of sp³-hybridized carbons (Fsp3) is 0.294. The Kier molecular flexibility index (Phi) is 5.80. The third kappa shape index (κ3) is 4.57. The van der Waals surface area contributed by atoms with Crippen LogP contribution in [0.2, 0.25) is 0 Å². The Balaban J connectivity index is 1.56. The van der Waals surface area contributed by atoms with Crippen LogP contribution in [0.4, 0.5) is 0 Å². The van der Waals surface area contributed by atoms with E-state index in [4.69, 9.17) is 13.7 Å². The van der Waals surface area contributed by atoms with E-state index in [2.05, 4.69) is 15.5 Å². The Morgan fingerprint density at radius 1 is 1.35 bits per heavy atom. The van der Waals surface area contributed by atoms with Crippen LogP contribution in [0.3, 0.4) is 0 Å². The van der Waals surface area contributed by atoms with Crippen LogP contribution >= 0.6 is 11.3 Å². The molecule has 0 bridgehead atoms. The highest BCUT2D eigenvalue weighted by atomic mass is 32.1. The molecule has 0 saturated carbocycles. The van der Waals surface area contributed by atoms with Crippen molar-refractivity contribution >= 4 is 23.2 Å². The quantitative estimate of drug-likeness (QED) is 0.603. The van der Waals surface area contributed by atoms with E-state index in [0.717, 1.165) is 4.88 Å². The summed E-state index contributed by atoms with van der Waals surface area (Å²) >= 11 is 1.47. The second-order valence-corrected chi connectivity index (χ2v) is 6.38. The maximum absolute atomic E-state index is 12.3. The molecule has 0 aliphatic heterocycles. The molecule has 0 aromatic carbocycles. The number of aromatic nitrogens is 2. The van der Waals surface area contributed by atoms with E-state index in [-0.39, 0.29) is 31.1 Å². The van der Waals surface area contributed by atoms with Crippen LogP contribution in [-0.4, -0.2) is 29.1 Å². The Labute approximate surface area is 153 Å². The molecule has 0 unspecified atom stereocenters. The van der Waals surface area contributed by atoms with Gasteiger partial charge in [-0.2, -0.15) is 4.98 Å². The van der Waals surface area contributed by atoms with Crippen molar-refractivity contribution in [2.75, 3.05) is 7.11 Å². The van der Waals surface area contributed by atoms with Gasteiger partial charge < -0.3 is 19.0 Å². The van der Waals surface area contributed by atoms with Crippen molar-refractivity contribution in [1.82, 2.24) is 15.5 Å². The first-order chi connectivity index (χ1) is 12.7. The number of carbonyl (C=O) groups excluding carboxylic acids is 2. The molecule has 0 aliphatic rings. The van der Waals surface area contributed by atoms with Gasteiger partial charge in [0.1, 0.15) is 0 Å². The average molecular weight is 375 g/mol. The Morgan fingerprint density at radius 3 is 2.92 bits per heavy atom. The minimum atomic E-state index is -0.420. The fourth-order valence-corrected chi connectivity index (χ4v) is 3.09. The molecule has 3 aromatic heterocycles. The number of thiophene rings is 1.